The summed E-state index contributed by atoms with van der Waals surface area (Å²) in [5, 5.41) is 0. The van der Waals surface area contributed by atoms with E-state index in [0.29, 0.717) is 5.69 Å². The lowest BCUT2D eigenvalue weighted by Crippen LogP contribution is -2.58. The highest BCUT2D eigenvalue weighted by atomic mass is 128. The van der Waals surface area contributed by atoms with Crippen LogP contribution in [0.5, 0.6) is 5.75 Å². The first kappa shape index (κ1) is 25.0. The summed E-state index contributed by atoms with van der Waals surface area (Å²) in [6, 6.07) is 13.8. The van der Waals surface area contributed by atoms with Gasteiger partial charge < -0.3 is 9.64 Å². The maximum Gasteiger partial charge on any atom is 0.234 e. The van der Waals surface area contributed by atoms with Gasteiger partial charge in [0, 0.05) is 68.4 Å². The third kappa shape index (κ3) is 3.74. The third-order valence-electron chi connectivity index (χ3n) is 6.39. The summed E-state index contributed by atoms with van der Waals surface area (Å²) >= 11 is 4.24. The second kappa shape index (κ2) is 9.70. The number of fused-ring (bicyclic) bond motifs is 2. The highest BCUT2D eigenvalue weighted by Crippen LogP contribution is 2.55. The molecule has 0 saturated carbocycles. The largest absolute Gasteiger partial charge is 0.463 e. The molecule has 3 aliphatic rings. The molecule has 0 aliphatic carbocycles. The summed E-state index contributed by atoms with van der Waals surface area (Å²) < 4.78 is 6.59. The zero-order valence-electron chi connectivity index (χ0n) is 19.0. The molecule has 2 aromatic carbocycles. The van der Waals surface area contributed by atoms with Gasteiger partial charge in [0.15, 0.2) is 0 Å². The lowest BCUT2D eigenvalue weighted by atomic mass is 9.76. The highest BCUT2D eigenvalue weighted by Gasteiger charge is 2.57. The zero-order chi connectivity index (χ0) is 23.7. The predicted molar refractivity (Wildman–Crippen MR) is 148 cm³/mol. The van der Waals surface area contributed by atoms with Gasteiger partial charge in [-0.3, -0.25) is 14.5 Å². The van der Waals surface area contributed by atoms with E-state index in [9.17, 15) is 9.59 Å². The Bertz CT molecular complexity index is 1050. The van der Waals surface area contributed by atoms with Crippen molar-refractivity contribution < 1.29 is 14.3 Å². The summed E-state index contributed by atoms with van der Waals surface area (Å²) in [6.07, 6.45) is 4.79. The highest BCUT2D eigenvalue weighted by molar-refractivity contribution is 15.0. The van der Waals surface area contributed by atoms with Crippen LogP contribution in [0.1, 0.15) is 51.7 Å². The number of hydrogen-bond acceptors (Lipinski definition) is 4. The number of benzene rings is 2. The molecule has 0 aromatic heterocycles. The summed E-state index contributed by atoms with van der Waals surface area (Å²) in [5.41, 5.74) is 2.72. The van der Waals surface area contributed by atoms with E-state index >= 15 is 0 Å². The van der Waals surface area contributed by atoms with E-state index in [-0.39, 0.29) is 24.7 Å². The Hall–Kier alpha value is -1.62. The Balaban J connectivity index is 0.000000686. The molecule has 5 rings (SSSR count). The molecule has 32 heavy (non-hydrogen) atoms. The number of rotatable bonds is 1. The fourth-order valence-electron chi connectivity index (χ4n) is 4.74. The molecule has 2 aromatic rings. The molecule has 1 unspecified atom stereocenters. The average Bonchev–Trinajstić information content (AvgIpc) is 3.24. The van der Waals surface area contributed by atoms with E-state index in [2.05, 4.69) is 68.1 Å². The summed E-state index contributed by atoms with van der Waals surface area (Å²) in [7, 11) is 2.03. The second-order valence-corrected chi connectivity index (χ2v) is 8.18. The Labute approximate surface area is 213 Å². The van der Waals surface area contributed by atoms with Gasteiger partial charge in [-0.2, -0.15) is 0 Å². The van der Waals surface area contributed by atoms with Crippen molar-refractivity contribution in [2.24, 2.45) is 0 Å². The monoisotopic (exact) mass is 658 g/mol. The summed E-state index contributed by atoms with van der Waals surface area (Å²) in [6.45, 7) is 8.29. The predicted octanol–water partition coefficient (Wildman–Crippen LogP) is 6.67. The van der Waals surface area contributed by atoms with Crippen molar-refractivity contribution >= 4 is 66.5 Å². The maximum atomic E-state index is 12.2. The van der Waals surface area contributed by atoms with Gasteiger partial charge in [0.05, 0.1) is 11.1 Å². The van der Waals surface area contributed by atoms with Crippen LogP contribution >= 0.6 is 37.2 Å². The molecule has 170 valence electrons. The molecular formula is C25H28I2N2O3. The van der Waals surface area contributed by atoms with Crippen LogP contribution in [0.25, 0.3) is 6.08 Å². The number of amides is 2. The topological polar surface area (TPSA) is 49.9 Å². The molecule has 2 amide bonds. The Morgan fingerprint density at radius 2 is 1.59 bits per heavy atom. The quantitative estimate of drug-likeness (QED) is 0.254. The van der Waals surface area contributed by atoms with Crippen molar-refractivity contribution in [2.75, 3.05) is 16.8 Å². The fourth-order valence-corrected chi connectivity index (χ4v) is 4.74. The number of hydrogen-bond donors (Lipinski definition) is 0. The van der Waals surface area contributed by atoms with Crippen LogP contribution in [0, 0.1) is 0 Å². The minimum Gasteiger partial charge on any atom is -0.463 e. The number of halogens is 2. The van der Waals surface area contributed by atoms with Crippen molar-refractivity contribution in [1.82, 2.24) is 0 Å². The van der Waals surface area contributed by atoms with Crippen LogP contribution in [0.3, 0.4) is 0 Å². The number of likely N-dealkylation sites (N-methyl/N-ethyl adjacent to an activating group) is 1. The number of carbonyl (C=O) groups is 2. The molecule has 0 radical (unpaired) electrons. The van der Waals surface area contributed by atoms with E-state index in [4.69, 9.17) is 4.74 Å². The normalized spacial score (nSPS) is 21.8. The SMILES string of the molecule is CC.CN1c2ccc(N3C(=O)CCC3=O)cc2C(C)(C)C12C=Cc1ccccc1O2.II. The van der Waals surface area contributed by atoms with Gasteiger partial charge in [-0.05, 0) is 55.8 Å². The Kier molecular flexibility index (Phi) is 7.59. The van der Waals surface area contributed by atoms with Gasteiger partial charge in [-0.25, -0.2) is 0 Å². The van der Waals surface area contributed by atoms with Crippen LogP contribution in [0.15, 0.2) is 48.5 Å². The molecule has 7 heteroatoms. The van der Waals surface area contributed by atoms with Crippen molar-refractivity contribution in [3.8, 4) is 5.75 Å². The summed E-state index contributed by atoms with van der Waals surface area (Å²) in [4.78, 5) is 27.9. The first-order valence-electron chi connectivity index (χ1n) is 10.7. The second-order valence-electron chi connectivity index (χ2n) is 8.18. The van der Waals surface area contributed by atoms with Crippen molar-refractivity contribution in [3.05, 3.63) is 59.7 Å². The van der Waals surface area contributed by atoms with Gasteiger partial charge in [-0.1, -0.05) is 32.0 Å². The van der Waals surface area contributed by atoms with Crippen molar-refractivity contribution in [1.29, 1.82) is 0 Å². The van der Waals surface area contributed by atoms with Crippen LogP contribution in [0.2, 0.25) is 0 Å². The molecule has 1 saturated heterocycles. The molecule has 5 nitrogen and oxygen atoms in total. The van der Waals surface area contributed by atoms with Crippen molar-refractivity contribution in [2.45, 2.75) is 51.7 Å². The summed E-state index contributed by atoms with van der Waals surface area (Å²) in [5.74, 6) is 0.584. The molecule has 3 aliphatic heterocycles. The van der Waals surface area contributed by atoms with Gasteiger partial charge in [0.1, 0.15) is 5.75 Å². The van der Waals surface area contributed by atoms with E-state index in [1.165, 1.54) is 4.90 Å². The third-order valence-corrected chi connectivity index (χ3v) is 6.39. The molecule has 0 N–H and O–H groups in total. The van der Waals surface area contributed by atoms with Crippen LogP contribution < -0.4 is 14.5 Å². The van der Waals surface area contributed by atoms with E-state index in [0.717, 1.165) is 22.6 Å². The van der Waals surface area contributed by atoms with E-state index < -0.39 is 11.1 Å². The lowest BCUT2D eigenvalue weighted by Gasteiger charge is -2.45. The molecule has 3 heterocycles. The van der Waals surface area contributed by atoms with Gasteiger partial charge in [0.25, 0.3) is 0 Å². The molecule has 1 atom stereocenters. The first-order chi connectivity index (χ1) is 15.3. The van der Waals surface area contributed by atoms with Gasteiger partial charge in [0.2, 0.25) is 17.5 Å². The van der Waals surface area contributed by atoms with E-state index in [1.807, 2.05) is 63.4 Å². The maximum absolute atomic E-state index is 12.2. The Morgan fingerprint density at radius 3 is 2.25 bits per heavy atom. The number of para-hydroxylation sites is 1. The lowest BCUT2D eigenvalue weighted by molar-refractivity contribution is -0.121. The first-order valence-corrected chi connectivity index (χ1v) is 17.0. The van der Waals surface area contributed by atoms with Crippen LogP contribution in [-0.4, -0.2) is 24.6 Å². The van der Waals surface area contributed by atoms with E-state index in [1.54, 1.807) is 0 Å². The number of imide groups is 1. The number of carbonyl (C=O) groups excluding carboxylic acids is 2. The molecule has 1 fully saturated rings. The van der Waals surface area contributed by atoms with Crippen LogP contribution in [0.4, 0.5) is 11.4 Å². The molecule has 1 spiro atoms. The fraction of sp³-hybridized carbons (Fsp3) is 0.360. The number of nitrogens with zero attached hydrogens (tertiary/aromatic N) is 2. The van der Waals surface area contributed by atoms with Crippen LogP contribution in [-0.2, 0) is 15.0 Å². The number of anilines is 2. The smallest absolute Gasteiger partial charge is 0.234 e. The van der Waals surface area contributed by atoms with Crippen molar-refractivity contribution in [3.63, 3.8) is 0 Å². The van der Waals surface area contributed by atoms with Gasteiger partial charge >= 0.3 is 0 Å². The minimum absolute atomic E-state index is 0.133. The minimum atomic E-state index is -0.679. The molecular weight excluding hydrogens is 630 g/mol. The average molecular weight is 658 g/mol. The zero-order valence-corrected chi connectivity index (χ0v) is 23.3. The Morgan fingerprint density at radius 1 is 0.969 bits per heavy atom. The standard InChI is InChI=1S/C23H22N2O3.C2H6.I2/c1-22(2)17-14-16(25-20(26)10-11-21(25)27)8-9-18(17)24(3)23(22)13-12-15-6-4-5-7-19(15)28-23;2*1-2/h4-9,12-14H,10-11H2,1-3H3;1-2H3;. The molecule has 0 bridgehead atoms. The van der Waals surface area contributed by atoms with Gasteiger partial charge in [-0.15, -0.1) is 0 Å². The number of ether oxygens (including phenoxy) is 1.